The highest BCUT2D eigenvalue weighted by Gasteiger charge is 2.58. The number of aromatic nitrogens is 10. The van der Waals surface area contributed by atoms with Crippen molar-refractivity contribution in [2.75, 3.05) is 50.2 Å². The average molecular weight is 1360 g/mol. The van der Waals surface area contributed by atoms with E-state index in [1.54, 1.807) is 4.98 Å². The van der Waals surface area contributed by atoms with Crippen molar-refractivity contribution in [3.05, 3.63) is 138 Å². The fraction of sp³-hybridized carbons (Fsp3) is 0.569. The van der Waals surface area contributed by atoms with E-state index in [4.69, 9.17) is 67.7 Å². The van der Waals surface area contributed by atoms with Gasteiger partial charge in [0.15, 0.2) is 79.2 Å². The second-order valence-corrected chi connectivity index (χ2v) is 22.2. The van der Waals surface area contributed by atoms with Crippen molar-refractivity contribution in [3.8, 4) is 12.3 Å². The van der Waals surface area contributed by atoms with E-state index in [-0.39, 0.29) is 11.5 Å². The first-order valence-corrected chi connectivity index (χ1v) is 27.1. The predicted molar refractivity (Wildman–Crippen MR) is 300 cm³/mol. The van der Waals surface area contributed by atoms with Crippen LogP contribution in [0, 0.1) is 24.0 Å². The summed E-state index contributed by atoms with van der Waals surface area (Å²) in [6, 6.07) is 2.36. The summed E-state index contributed by atoms with van der Waals surface area (Å²) in [7, 11) is 0. The van der Waals surface area contributed by atoms with Crippen LogP contribution in [0.25, 0.3) is 0 Å². The van der Waals surface area contributed by atoms with Crippen LogP contribution in [-0.2, 0) is 23.7 Å². The molecular weight excluding hydrogens is 1300 g/mol. The maximum Gasteiger partial charge on any atom is 0.351 e. The lowest BCUT2D eigenvalue weighted by Gasteiger charge is -2.24. The summed E-state index contributed by atoms with van der Waals surface area (Å²) in [5.74, 6) is -0.931. The summed E-state index contributed by atoms with van der Waals surface area (Å²) in [4.78, 5) is 103. The van der Waals surface area contributed by atoms with Gasteiger partial charge in [-0.25, -0.2) is 50.3 Å². The van der Waals surface area contributed by atoms with Gasteiger partial charge in [-0.15, -0.1) is 6.42 Å². The third kappa shape index (κ3) is 14.5. The van der Waals surface area contributed by atoms with Crippen molar-refractivity contribution in [3.63, 3.8) is 0 Å². The lowest BCUT2D eigenvalue weighted by molar-refractivity contribution is -0.117. The van der Waals surface area contributed by atoms with Crippen LogP contribution in [0.5, 0.6) is 0 Å². The average Bonchev–Trinajstić information content (AvgIpc) is 1.68. The topological polar surface area (TPSA) is 561 Å². The number of alkyl halides is 5. The summed E-state index contributed by atoms with van der Waals surface area (Å²) in [6.07, 6.45) is -16.2. The molecule has 10 rings (SSSR count). The smallest absolute Gasteiger partial charge is 0.351 e. The molecule has 0 aromatic carbocycles. The number of ether oxygens (including phenoxy) is 5. The molecule has 0 radical (unpaired) electrons. The third-order valence-electron chi connectivity index (χ3n) is 15.4. The molecule has 5 aliphatic rings. The Hall–Kier alpha value is -8.33. The van der Waals surface area contributed by atoms with Gasteiger partial charge in [-0.05, 0) is 33.8 Å². The van der Waals surface area contributed by atoms with Crippen molar-refractivity contribution in [1.82, 2.24) is 47.8 Å². The van der Waals surface area contributed by atoms with Crippen LogP contribution in [0.15, 0.2) is 81.5 Å². The molecule has 0 aliphatic carbocycles. The number of aromatic amines is 3. The van der Waals surface area contributed by atoms with E-state index < -0.39 is 216 Å². The molecule has 10 heterocycles. The van der Waals surface area contributed by atoms with E-state index in [9.17, 15) is 99.7 Å². The number of nitrogens with zero attached hydrogens (tertiary/aromatic N) is 7. The van der Waals surface area contributed by atoms with Crippen LogP contribution in [0.2, 0.25) is 0 Å². The molecule has 520 valence electrons. The minimum absolute atomic E-state index is 0.00937. The van der Waals surface area contributed by atoms with Crippen molar-refractivity contribution in [2.24, 2.45) is 0 Å². The number of aliphatic hydroxyl groups is 10. The van der Waals surface area contributed by atoms with Crippen LogP contribution in [-0.4, -0.2) is 221 Å². The van der Waals surface area contributed by atoms with Crippen LogP contribution in [0.4, 0.5) is 48.1 Å². The summed E-state index contributed by atoms with van der Waals surface area (Å²) >= 11 is 0. The minimum Gasteiger partial charge on any atom is -0.393 e. The van der Waals surface area contributed by atoms with E-state index in [0.717, 1.165) is 27.6 Å². The Labute approximate surface area is 518 Å². The standard InChI is InChI=1S/C11H12FN3O5.C10H13F2N3O4.C10H12F2N2O5.C10H14FN3O4.C10H13FN2O5/c1-2-11(4-16)7(17)6(12)9(20-11)15-3-5(13)8(18)14-10(15)19;1-10(3-16)6(17)5(12)8(19-10)15-2-4(11)7(13)14-9(15)18;1-10(3-15)6(16)5(12)8(19-10)14-2-4(11)7(17)13-9(14)18;1-10(4-15)7(16)6(11)8(18-10)14-3-2-5(12)13-9(14)17;1-10(4-14)7(16)6(11)8(18-10)13-3-2-5(15)12-9(13)17/h1,3,6-7,9,16-17H,4,13H2,(H,14,18,19);2,5-6,8,16-17H,3H2,1H3,(H2,13,14,18);2,5-6,8,15-16H,3H2,1H3,(H,13,17,18);2-3,6-8,15-16H,4H2,1H3,(H2,12,13,17);2-3,6-8,14,16H,4H2,1H3,(H,12,15,17). The molecule has 0 spiro atoms. The van der Waals surface area contributed by atoms with Gasteiger partial charge < -0.3 is 92.0 Å². The first-order chi connectivity index (χ1) is 43.7. The zero-order valence-corrected chi connectivity index (χ0v) is 49.1. The third-order valence-corrected chi connectivity index (χ3v) is 15.4. The molecular formula is C51H64F7N13O23. The van der Waals surface area contributed by atoms with Gasteiger partial charge in [0.1, 0.15) is 64.4 Å². The van der Waals surface area contributed by atoms with Gasteiger partial charge in [0.25, 0.3) is 16.7 Å². The molecule has 5 aliphatic heterocycles. The number of hydrogen-bond acceptors (Lipinski definition) is 28. The monoisotopic (exact) mass is 1360 g/mol. The zero-order chi connectivity index (χ0) is 70.8. The number of nitrogens with two attached hydrogens (primary N) is 3. The second kappa shape index (κ2) is 28.7. The number of rotatable bonds is 10. The summed E-state index contributed by atoms with van der Waals surface area (Å²) in [6.45, 7) is 1.87. The zero-order valence-electron chi connectivity index (χ0n) is 49.1. The maximum absolute atomic E-state index is 14.1. The van der Waals surface area contributed by atoms with Gasteiger partial charge in [-0.2, -0.15) is 14.4 Å². The van der Waals surface area contributed by atoms with Gasteiger partial charge in [0.05, 0.1) is 45.4 Å². The predicted octanol–water partition coefficient (Wildman–Crippen LogP) is -7.37. The highest BCUT2D eigenvalue weighted by atomic mass is 19.2. The van der Waals surface area contributed by atoms with E-state index in [2.05, 4.69) is 9.97 Å². The number of anilines is 3. The van der Waals surface area contributed by atoms with Crippen LogP contribution in [0.1, 0.15) is 58.8 Å². The number of halogens is 7. The summed E-state index contributed by atoms with van der Waals surface area (Å²) < 4.78 is 125. The fourth-order valence-electron chi connectivity index (χ4n) is 9.47. The number of terminal acetylenes is 1. The van der Waals surface area contributed by atoms with E-state index in [1.165, 1.54) is 40.0 Å². The normalized spacial score (nSPS) is 34.8. The molecule has 94 heavy (non-hydrogen) atoms. The number of hydrogen-bond donors (Lipinski definition) is 16. The second-order valence-electron chi connectivity index (χ2n) is 22.2. The Kier molecular flexibility index (Phi) is 22.8. The Bertz CT molecular complexity index is 4080. The molecule has 20 unspecified atom stereocenters. The molecule has 43 heteroatoms. The van der Waals surface area contributed by atoms with Crippen molar-refractivity contribution in [1.29, 1.82) is 0 Å². The fourth-order valence-corrected chi connectivity index (χ4v) is 9.47. The largest absolute Gasteiger partial charge is 0.393 e. The number of aliphatic hydroxyl groups excluding tert-OH is 10. The lowest BCUT2D eigenvalue weighted by atomic mass is 9.98. The van der Waals surface area contributed by atoms with E-state index >= 15 is 0 Å². The van der Waals surface area contributed by atoms with Crippen LogP contribution >= 0.6 is 0 Å². The van der Waals surface area contributed by atoms with Crippen LogP contribution < -0.4 is 62.3 Å². The number of H-pyrrole nitrogens is 3. The Morgan fingerprint density at radius 2 is 0.851 bits per heavy atom. The van der Waals surface area contributed by atoms with Crippen molar-refractivity contribution >= 4 is 17.3 Å². The summed E-state index contributed by atoms with van der Waals surface area (Å²) in [5, 5.41) is 93.9. The highest BCUT2D eigenvalue weighted by molar-refractivity contribution is 5.31. The van der Waals surface area contributed by atoms with Gasteiger partial charge in [0.2, 0.25) is 5.82 Å². The van der Waals surface area contributed by atoms with Gasteiger partial charge >= 0.3 is 28.4 Å². The number of nitrogens with one attached hydrogen (secondary N) is 3. The van der Waals surface area contributed by atoms with E-state index in [0.29, 0.717) is 26.1 Å². The molecule has 5 saturated heterocycles. The van der Waals surface area contributed by atoms with Gasteiger partial charge in [0, 0.05) is 24.7 Å². The molecule has 5 aromatic rings. The molecule has 5 aromatic heterocycles. The Morgan fingerprint density at radius 3 is 1.26 bits per heavy atom. The Balaban J connectivity index is 0.000000186. The van der Waals surface area contributed by atoms with Crippen molar-refractivity contribution in [2.45, 2.75) is 148 Å². The molecule has 0 saturated carbocycles. The van der Waals surface area contributed by atoms with E-state index in [1.807, 2.05) is 15.9 Å². The molecule has 36 nitrogen and oxygen atoms in total. The van der Waals surface area contributed by atoms with Crippen molar-refractivity contribution < 1.29 is 105 Å². The first kappa shape index (κ1) is 74.7. The molecule has 0 amide bonds. The molecule has 19 N–H and O–H groups in total. The number of nitrogen functional groups attached to an aromatic ring is 3. The quantitative estimate of drug-likeness (QED) is 0.0456. The first-order valence-electron chi connectivity index (χ1n) is 27.1. The lowest BCUT2D eigenvalue weighted by Crippen LogP contribution is -2.44. The maximum atomic E-state index is 14.1. The molecule has 20 atom stereocenters. The molecule has 0 bridgehead atoms. The minimum atomic E-state index is -2.08. The Morgan fingerprint density at radius 1 is 0.489 bits per heavy atom. The highest BCUT2D eigenvalue weighted by Crippen LogP contribution is 2.42. The van der Waals surface area contributed by atoms with Gasteiger partial charge in [-0.3, -0.25) is 52.2 Å². The molecule has 5 fully saturated rings. The SMILES string of the molecule is C#CC1(CO)OC(n2cc(N)c(=O)[nH]c2=O)C(F)C1O.CC1(CO)OC(n2cc(F)c(=O)[nH]c2=O)C(F)C1O.CC1(CO)OC(n2cc(F)c(N)nc2=O)C(F)C1O.CC1(CO)OC(n2ccc(=O)[nH]c2=O)C(F)C1O.CC1(CO)OC(n2ccc(N)nc2=O)C(F)C1O. The summed E-state index contributed by atoms with van der Waals surface area (Å²) in [5.41, 5.74) is -0.0440. The van der Waals surface area contributed by atoms with Crippen LogP contribution in [0.3, 0.4) is 0 Å². The van der Waals surface area contributed by atoms with Gasteiger partial charge in [-0.1, -0.05) is 5.92 Å².